The number of nitrogens with two attached hydrogens (primary N) is 1. The van der Waals surface area contributed by atoms with E-state index in [-0.39, 0.29) is 69.4 Å². The highest BCUT2D eigenvalue weighted by atomic mass is 16.7. The fourth-order valence-corrected chi connectivity index (χ4v) is 5.61. The molecule has 0 aliphatic rings. The summed E-state index contributed by atoms with van der Waals surface area (Å²) < 4.78 is 0. The van der Waals surface area contributed by atoms with Gasteiger partial charge < -0.3 is 57.4 Å². The molecule has 4 unspecified atom stereocenters. The van der Waals surface area contributed by atoms with Crippen LogP contribution in [0.2, 0.25) is 0 Å². The standard InChI is InChI=1S/C38H60N8O13/c1-24(2)33(35(53)43-27(11-9-20-40-23-48)34(52)42-26-16-14-25(22-47)15-17-26)46-31(50)13-6-4-3-5-12-30(49)41-21-8-7-10-28(36(54)55)44-38(58)45-29(37(56)57)18-19-32(51)59-39/h14-17,23-24,27-29,33,47H,3-13,18-22,39H2,1-2H3,(H,40,48)(H,41,49)(H,42,52)(H,43,53)(H,46,50)(H,54,55)(H,56,57)(H2,44,45,58). The van der Waals surface area contributed by atoms with Crippen molar-refractivity contribution in [1.29, 1.82) is 0 Å². The summed E-state index contributed by atoms with van der Waals surface area (Å²) in [6.07, 6.45) is 3.98. The largest absolute Gasteiger partial charge is 0.480 e. The molecule has 0 aliphatic heterocycles. The zero-order chi connectivity index (χ0) is 44.2. The molecule has 21 nitrogen and oxygen atoms in total. The molecule has 0 aromatic heterocycles. The summed E-state index contributed by atoms with van der Waals surface area (Å²) in [5.41, 5.74) is 1.13. The molecule has 7 amide bonds. The Balaban J connectivity index is 2.43. The van der Waals surface area contributed by atoms with Crippen molar-refractivity contribution in [2.45, 2.75) is 128 Å². The first kappa shape index (κ1) is 51.2. The second-order valence-corrected chi connectivity index (χ2v) is 14.1. The average Bonchev–Trinajstić information content (AvgIpc) is 3.19. The number of hydrogen-bond acceptors (Lipinski definition) is 12. The van der Waals surface area contributed by atoms with E-state index in [1.54, 1.807) is 38.1 Å². The molecule has 0 saturated heterocycles. The number of aliphatic carboxylic acids is 2. The molecule has 59 heavy (non-hydrogen) atoms. The van der Waals surface area contributed by atoms with Crippen molar-refractivity contribution in [3.63, 3.8) is 0 Å². The van der Waals surface area contributed by atoms with Crippen LogP contribution < -0.4 is 43.1 Å². The van der Waals surface area contributed by atoms with Crippen LogP contribution in [0.5, 0.6) is 0 Å². The monoisotopic (exact) mass is 836 g/mol. The number of carboxylic acids is 2. The number of hydrogen-bond donors (Lipinski definition) is 11. The van der Waals surface area contributed by atoms with Crippen LogP contribution in [0.25, 0.3) is 0 Å². The lowest BCUT2D eigenvalue weighted by Crippen LogP contribution is -2.54. The number of unbranched alkanes of at least 4 members (excludes halogenated alkanes) is 4. The molecule has 0 fully saturated rings. The Bertz CT molecular complexity index is 1530. The maximum atomic E-state index is 13.3. The lowest BCUT2D eigenvalue weighted by molar-refractivity contribution is -0.145. The molecule has 0 aliphatic carbocycles. The van der Waals surface area contributed by atoms with E-state index in [9.17, 15) is 58.5 Å². The van der Waals surface area contributed by atoms with E-state index in [0.29, 0.717) is 69.2 Å². The third-order valence-electron chi connectivity index (χ3n) is 8.97. The summed E-state index contributed by atoms with van der Waals surface area (Å²) in [5.74, 6) is -0.795. The number of urea groups is 1. The first-order chi connectivity index (χ1) is 28.1. The van der Waals surface area contributed by atoms with E-state index in [4.69, 9.17) is 5.90 Å². The molecule has 0 heterocycles. The highest BCUT2D eigenvalue weighted by Gasteiger charge is 2.29. The Labute approximate surface area is 342 Å². The number of anilines is 1. The van der Waals surface area contributed by atoms with Crippen molar-refractivity contribution < 1.29 is 63.3 Å². The van der Waals surface area contributed by atoms with Gasteiger partial charge in [-0.3, -0.25) is 28.8 Å². The third-order valence-corrected chi connectivity index (χ3v) is 8.97. The first-order valence-electron chi connectivity index (χ1n) is 19.6. The number of carbonyl (C=O) groups is 9. The molecular formula is C38H60N8O13. The van der Waals surface area contributed by atoms with Crippen LogP contribution >= 0.6 is 0 Å². The molecule has 1 aromatic carbocycles. The van der Waals surface area contributed by atoms with E-state index in [1.807, 2.05) is 0 Å². The van der Waals surface area contributed by atoms with Crippen molar-refractivity contribution in [3.05, 3.63) is 29.8 Å². The van der Waals surface area contributed by atoms with Crippen LogP contribution in [0.1, 0.15) is 103 Å². The topological polar surface area (TPSA) is 334 Å². The van der Waals surface area contributed by atoms with Gasteiger partial charge in [-0.2, -0.15) is 5.90 Å². The number of carbonyl (C=O) groups excluding carboxylic acids is 7. The average molecular weight is 837 g/mol. The van der Waals surface area contributed by atoms with Crippen LogP contribution in [0.3, 0.4) is 0 Å². The normalized spacial score (nSPS) is 12.8. The summed E-state index contributed by atoms with van der Waals surface area (Å²) in [4.78, 5) is 112. The third kappa shape index (κ3) is 22.6. The highest BCUT2D eigenvalue weighted by molar-refractivity contribution is 5.98. The Morgan fingerprint density at radius 1 is 0.678 bits per heavy atom. The maximum Gasteiger partial charge on any atom is 0.326 e. The van der Waals surface area contributed by atoms with Gasteiger partial charge in [0.05, 0.1) is 6.61 Å². The Morgan fingerprint density at radius 3 is 1.83 bits per heavy atom. The molecule has 21 heteroatoms. The summed E-state index contributed by atoms with van der Waals surface area (Å²) in [5, 5.41) is 45.8. The lowest BCUT2D eigenvalue weighted by Gasteiger charge is -2.25. The predicted octanol–water partition coefficient (Wildman–Crippen LogP) is 0.299. The molecule has 0 bridgehead atoms. The van der Waals surface area contributed by atoms with E-state index < -0.39 is 59.9 Å². The van der Waals surface area contributed by atoms with Crippen LogP contribution in [0.4, 0.5) is 10.5 Å². The van der Waals surface area contributed by atoms with Crippen molar-refractivity contribution in [3.8, 4) is 0 Å². The fraction of sp³-hybridized carbons (Fsp3) is 0.605. The Morgan fingerprint density at radius 2 is 1.27 bits per heavy atom. The second kappa shape index (κ2) is 29.4. The predicted molar refractivity (Wildman–Crippen MR) is 212 cm³/mol. The molecule has 1 aromatic rings. The molecular weight excluding hydrogens is 776 g/mol. The van der Waals surface area contributed by atoms with Gasteiger partial charge in [0.2, 0.25) is 30.0 Å². The molecule has 330 valence electrons. The van der Waals surface area contributed by atoms with Gasteiger partial charge in [0.25, 0.3) is 0 Å². The van der Waals surface area contributed by atoms with E-state index in [1.165, 1.54) is 0 Å². The number of carboxylic acid groups (broad SMARTS) is 2. The van der Waals surface area contributed by atoms with Crippen molar-refractivity contribution in [1.82, 2.24) is 31.9 Å². The van der Waals surface area contributed by atoms with Crippen molar-refractivity contribution in [2.24, 2.45) is 11.8 Å². The van der Waals surface area contributed by atoms with Gasteiger partial charge in [-0.05, 0) is 75.0 Å². The van der Waals surface area contributed by atoms with Crippen molar-refractivity contribution in [2.75, 3.05) is 18.4 Å². The molecule has 0 spiro atoms. The SMILES string of the molecule is CC(C)C(NC(=O)CCCCCCC(=O)NCCCCC(NC(=O)NC(CCC(=O)ON)C(=O)O)C(=O)O)C(=O)NC(CCCNC=O)C(=O)Nc1ccc(CO)cc1. The maximum absolute atomic E-state index is 13.3. The summed E-state index contributed by atoms with van der Waals surface area (Å²) >= 11 is 0. The minimum atomic E-state index is -1.48. The number of amides is 7. The second-order valence-electron chi connectivity index (χ2n) is 14.1. The number of benzene rings is 1. The van der Waals surface area contributed by atoms with E-state index >= 15 is 0 Å². The van der Waals surface area contributed by atoms with Gasteiger partial charge in [0.1, 0.15) is 24.2 Å². The number of rotatable bonds is 31. The van der Waals surface area contributed by atoms with Gasteiger partial charge in [0.15, 0.2) is 0 Å². The number of aliphatic hydroxyl groups excluding tert-OH is 1. The van der Waals surface area contributed by atoms with Gasteiger partial charge in [-0.15, -0.1) is 0 Å². The van der Waals surface area contributed by atoms with Crippen LogP contribution in [0.15, 0.2) is 24.3 Å². The van der Waals surface area contributed by atoms with Crippen LogP contribution in [0, 0.1) is 5.92 Å². The number of aliphatic hydroxyl groups is 1. The molecule has 0 saturated carbocycles. The van der Waals surface area contributed by atoms with Gasteiger partial charge >= 0.3 is 23.9 Å². The zero-order valence-electron chi connectivity index (χ0n) is 33.6. The van der Waals surface area contributed by atoms with E-state index in [2.05, 4.69) is 42.1 Å². The van der Waals surface area contributed by atoms with Crippen LogP contribution in [-0.4, -0.2) is 107 Å². The lowest BCUT2D eigenvalue weighted by atomic mass is 10.0. The minimum Gasteiger partial charge on any atom is -0.480 e. The summed E-state index contributed by atoms with van der Waals surface area (Å²) in [6.45, 7) is 3.94. The fourth-order valence-electron chi connectivity index (χ4n) is 5.61. The Kier molecular flexibility index (Phi) is 25.5. The van der Waals surface area contributed by atoms with E-state index in [0.717, 1.165) is 0 Å². The highest BCUT2D eigenvalue weighted by Crippen LogP contribution is 2.13. The smallest absolute Gasteiger partial charge is 0.326 e. The molecule has 1 rings (SSSR count). The van der Waals surface area contributed by atoms with Gasteiger partial charge in [-0.25, -0.2) is 14.4 Å². The summed E-state index contributed by atoms with van der Waals surface area (Å²) in [7, 11) is 0. The van der Waals surface area contributed by atoms with Crippen molar-refractivity contribution >= 4 is 59.7 Å². The minimum absolute atomic E-state index is 0.00761. The number of nitrogens with one attached hydrogen (secondary N) is 7. The Hall–Kier alpha value is -5.83. The zero-order valence-corrected chi connectivity index (χ0v) is 33.6. The molecule has 12 N–H and O–H groups in total. The quantitative estimate of drug-likeness (QED) is 0.0272. The van der Waals surface area contributed by atoms with Gasteiger partial charge in [-0.1, -0.05) is 38.8 Å². The molecule has 0 radical (unpaired) electrons. The molecule has 4 atom stereocenters. The first-order valence-corrected chi connectivity index (χ1v) is 19.6. The summed E-state index contributed by atoms with van der Waals surface area (Å²) in [6, 6.07) is 0.834. The van der Waals surface area contributed by atoms with Gasteiger partial charge in [0, 0.05) is 38.0 Å². The van der Waals surface area contributed by atoms with Crippen LogP contribution in [-0.2, 0) is 49.8 Å².